The van der Waals surface area contributed by atoms with Crippen LogP contribution in [0.1, 0.15) is 25.8 Å². The van der Waals surface area contributed by atoms with Gasteiger partial charge < -0.3 is 10.5 Å². The molecule has 1 atom stereocenters. The highest BCUT2D eigenvalue weighted by molar-refractivity contribution is 5.84. The molecule has 0 amide bonds. The average Bonchev–Trinajstić information content (AvgIpc) is 2.39. The zero-order valence-corrected chi connectivity index (χ0v) is 11.1. The fourth-order valence-electron chi connectivity index (χ4n) is 2.03. The second-order valence-corrected chi connectivity index (χ2v) is 4.37. The highest BCUT2D eigenvalue weighted by Crippen LogP contribution is 2.35. The predicted octanol–water partition coefficient (Wildman–Crippen LogP) is 1.76. The number of ether oxygens (including phenoxy) is 1. The van der Waals surface area contributed by atoms with Gasteiger partial charge in [0, 0.05) is 11.6 Å². The van der Waals surface area contributed by atoms with Crippen LogP contribution >= 0.6 is 0 Å². The van der Waals surface area contributed by atoms with Crippen molar-refractivity contribution in [3.05, 3.63) is 39.9 Å². The lowest BCUT2D eigenvalue weighted by Crippen LogP contribution is -2.37. The van der Waals surface area contributed by atoms with Crippen LogP contribution < -0.4 is 5.73 Å². The van der Waals surface area contributed by atoms with E-state index in [-0.39, 0.29) is 25.3 Å². The Labute approximate surface area is 111 Å². The van der Waals surface area contributed by atoms with Crippen LogP contribution in [0.4, 0.5) is 5.69 Å². The monoisotopic (exact) mass is 266 g/mol. The van der Waals surface area contributed by atoms with E-state index < -0.39 is 16.3 Å². The Balaban J connectivity index is 3.33. The summed E-state index contributed by atoms with van der Waals surface area (Å²) in [6, 6.07) is 6.18. The number of nitro benzene ring substituents is 1. The van der Waals surface area contributed by atoms with Gasteiger partial charge in [0.1, 0.15) is 0 Å². The van der Waals surface area contributed by atoms with Gasteiger partial charge in [-0.25, -0.2) is 0 Å². The first kappa shape index (κ1) is 15.1. The predicted molar refractivity (Wildman–Crippen MR) is 70.8 cm³/mol. The first-order valence-electron chi connectivity index (χ1n) is 6.08. The number of carbonyl (C=O) groups excluding carboxylic acids is 1. The van der Waals surface area contributed by atoms with E-state index in [0.717, 1.165) is 0 Å². The van der Waals surface area contributed by atoms with Gasteiger partial charge in [-0.3, -0.25) is 14.9 Å². The maximum atomic E-state index is 12.1. The van der Waals surface area contributed by atoms with Crippen LogP contribution in [-0.4, -0.2) is 24.0 Å². The van der Waals surface area contributed by atoms with Crippen LogP contribution in [0.5, 0.6) is 0 Å². The maximum absolute atomic E-state index is 12.1. The number of nitro groups is 1. The van der Waals surface area contributed by atoms with Crippen molar-refractivity contribution in [2.45, 2.75) is 25.7 Å². The molecular weight excluding hydrogens is 248 g/mol. The Morgan fingerprint density at radius 3 is 2.63 bits per heavy atom. The molecule has 1 unspecified atom stereocenters. The van der Waals surface area contributed by atoms with Gasteiger partial charge in [0.15, 0.2) is 0 Å². The molecular formula is C13H18N2O4. The largest absolute Gasteiger partial charge is 0.465 e. The molecule has 19 heavy (non-hydrogen) atoms. The maximum Gasteiger partial charge on any atom is 0.316 e. The van der Waals surface area contributed by atoms with E-state index in [1.165, 1.54) is 6.07 Å². The lowest BCUT2D eigenvalue weighted by molar-refractivity contribution is -0.386. The van der Waals surface area contributed by atoms with Gasteiger partial charge in [-0.2, -0.15) is 0 Å². The number of nitrogens with two attached hydrogens (primary N) is 1. The fourth-order valence-corrected chi connectivity index (χ4v) is 2.03. The van der Waals surface area contributed by atoms with E-state index >= 15 is 0 Å². The Hall–Kier alpha value is -1.95. The summed E-state index contributed by atoms with van der Waals surface area (Å²) < 4.78 is 5.03. The summed E-state index contributed by atoms with van der Waals surface area (Å²) in [6.07, 6.45) is 0.288. The van der Waals surface area contributed by atoms with Gasteiger partial charge in [-0.05, 0) is 26.8 Å². The van der Waals surface area contributed by atoms with Crippen molar-refractivity contribution in [3.63, 3.8) is 0 Å². The molecule has 0 spiro atoms. The molecule has 0 aromatic heterocycles. The number of para-hydroxylation sites is 1. The highest BCUT2D eigenvalue weighted by atomic mass is 16.6. The average molecular weight is 266 g/mol. The minimum absolute atomic E-state index is 0.0912. The normalized spacial score (nSPS) is 13.6. The molecule has 1 rings (SSSR count). The Morgan fingerprint density at radius 1 is 1.47 bits per heavy atom. The molecule has 0 saturated heterocycles. The lowest BCUT2D eigenvalue weighted by Gasteiger charge is -2.26. The summed E-state index contributed by atoms with van der Waals surface area (Å²) in [4.78, 5) is 22.7. The molecule has 1 aromatic rings. The van der Waals surface area contributed by atoms with Gasteiger partial charge in [-0.1, -0.05) is 18.2 Å². The van der Waals surface area contributed by atoms with E-state index in [4.69, 9.17) is 10.5 Å². The number of hydrogen-bond donors (Lipinski definition) is 1. The number of carbonyl (C=O) groups is 1. The van der Waals surface area contributed by atoms with Gasteiger partial charge in [0.05, 0.1) is 16.9 Å². The van der Waals surface area contributed by atoms with Crippen LogP contribution in [0, 0.1) is 10.1 Å². The quantitative estimate of drug-likeness (QED) is 0.481. The number of hydrogen-bond acceptors (Lipinski definition) is 5. The smallest absolute Gasteiger partial charge is 0.316 e. The van der Waals surface area contributed by atoms with Crippen molar-refractivity contribution in [2.75, 3.05) is 13.2 Å². The van der Waals surface area contributed by atoms with Crippen molar-refractivity contribution < 1.29 is 14.5 Å². The number of nitrogens with zero attached hydrogens (tertiary/aromatic N) is 1. The molecule has 6 nitrogen and oxygen atoms in total. The van der Waals surface area contributed by atoms with E-state index in [9.17, 15) is 14.9 Å². The zero-order valence-electron chi connectivity index (χ0n) is 11.1. The fraction of sp³-hybridized carbons (Fsp3) is 0.462. The van der Waals surface area contributed by atoms with Crippen molar-refractivity contribution in [2.24, 2.45) is 5.73 Å². The molecule has 2 N–H and O–H groups in total. The molecule has 0 heterocycles. The lowest BCUT2D eigenvalue weighted by atomic mass is 9.78. The van der Waals surface area contributed by atoms with Crippen molar-refractivity contribution in [1.82, 2.24) is 0 Å². The van der Waals surface area contributed by atoms with Crippen LogP contribution in [0.2, 0.25) is 0 Å². The molecule has 0 radical (unpaired) electrons. The Morgan fingerprint density at radius 2 is 2.11 bits per heavy atom. The minimum atomic E-state index is -1.10. The molecule has 0 bridgehead atoms. The highest BCUT2D eigenvalue weighted by Gasteiger charge is 2.40. The molecule has 0 saturated carbocycles. The second kappa shape index (κ2) is 6.29. The summed E-state index contributed by atoms with van der Waals surface area (Å²) >= 11 is 0. The molecule has 0 fully saturated rings. The molecule has 1 aromatic carbocycles. The minimum Gasteiger partial charge on any atom is -0.465 e. The number of rotatable bonds is 6. The van der Waals surface area contributed by atoms with Gasteiger partial charge in [-0.15, -0.1) is 0 Å². The zero-order chi connectivity index (χ0) is 14.5. The van der Waals surface area contributed by atoms with E-state index in [1.807, 2.05) is 0 Å². The van der Waals surface area contributed by atoms with E-state index in [1.54, 1.807) is 32.0 Å². The summed E-state index contributed by atoms with van der Waals surface area (Å²) in [5, 5.41) is 11.1. The molecule has 0 aliphatic carbocycles. The standard InChI is InChI=1S/C13H18N2O4/c1-3-19-12(16)13(2,8-9-14)10-6-4-5-7-11(10)15(17)18/h4-7H,3,8-9,14H2,1-2H3. The third kappa shape index (κ3) is 3.08. The first-order chi connectivity index (χ1) is 8.97. The number of benzene rings is 1. The van der Waals surface area contributed by atoms with Gasteiger partial charge in [0.25, 0.3) is 5.69 Å². The van der Waals surface area contributed by atoms with Crippen molar-refractivity contribution in [1.29, 1.82) is 0 Å². The van der Waals surface area contributed by atoms with Crippen LogP contribution in [0.3, 0.4) is 0 Å². The molecule has 0 aliphatic rings. The van der Waals surface area contributed by atoms with Crippen molar-refractivity contribution in [3.8, 4) is 0 Å². The first-order valence-corrected chi connectivity index (χ1v) is 6.08. The van der Waals surface area contributed by atoms with Gasteiger partial charge in [0.2, 0.25) is 0 Å². The number of esters is 1. The third-order valence-corrected chi connectivity index (χ3v) is 3.07. The van der Waals surface area contributed by atoms with Crippen molar-refractivity contribution >= 4 is 11.7 Å². The van der Waals surface area contributed by atoms with Crippen LogP contribution in [0.25, 0.3) is 0 Å². The van der Waals surface area contributed by atoms with Gasteiger partial charge >= 0.3 is 5.97 Å². The van der Waals surface area contributed by atoms with E-state index in [2.05, 4.69) is 0 Å². The SMILES string of the molecule is CCOC(=O)C(C)(CCN)c1ccccc1[N+](=O)[O-]. The summed E-state index contributed by atoms with van der Waals surface area (Å²) in [5.74, 6) is -0.491. The van der Waals surface area contributed by atoms with Crippen LogP contribution in [0.15, 0.2) is 24.3 Å². The Bertz CT molecular complexity index is 475. The molecule has 0 aliphatic heterocycles. The topological polar surface area (TPSA) is 95.5 Å². The second-order valence-electron chi connectivity index (χ2n) is 4.37. The summed E-state index contributed by atoms with van der Waals surface area (Å²) in [5.41, 5.74) is 4.68. The van der Waals surface area contributed by atoms with E-state index in [0.29, 0.717) is 5.56 Å². The Kier molecular flexibility index (Phi) is 5.00. The van der Waals surface area contributed by atoms with Crippen LogP contribution in [-0.2, 0) is 14.9 Å². The summed E-state index contributed by atoms with van der Waals surface area (Å²) in [6.45, 7) is 3.78. The third-order valence-electron chi connectivity index (χ3n) is 3.07. The summed E-state index contributed by atoms with van der Waals surface area (Å²) in [7, 11) is 0. The molecule has 104 valence electrons. The molecule has 6 heteroatoms.